The number of ether oxygens (including phenoxy) is 1. The fourth-order valence-corrected chi connectivity index (χ4v) is 1.08. The Morgan fingerprint density at radius 2 is 2.28 bits per heavy atom. The zero-order chi connectivity index (χ0) is 13.5. The minimum absolute atomic E-state index is 0.242. The third-order valence-electron chi connectivity index (χ3n) is 1.88. The number of allylic oxidation sites excluding steroid dienone is 1. The van der Waals surface area contributed by atoms with Gasteiger partial charge in [0.15, 0.2) is 5.83 Å². The number of amides is 1. The van der Waals surface area contributed by atoms with Crippen molar-refractivity contribution in [2.45, 2.75) is 0 Å². The molecule has 0 unspecified atom stereocenters. The molecule has 6 heteroatoms. The summed E-state index contributed by atoms with van der Waals surface area (Å²) in [5.74, 6) is -1.62. The minimum atomic E-state index is -0.976. The summed E-state index contributed by atoms with van der Waals surface area (Å²) >= 11 is 0. The number of hydrogen-bond donors (Lipinski definition) is 3. The van der Waals surface area contributed by atoms with Crippen LogP contribution in [0.25, 0.3) is 0 Å². The minimum Gasteiger partial charge on any atom is -0.438 e. The molecule has 0 spiro atoms. The number of anilines is 1. The Labute approximate surface area is 103 Å². The van der Waals surface area contributed by atoms with Crippen molar-refractivity contribution in [3.8, 4) is 5.75 Å². The van der Waals surface area contributed by atoms with Gasteiger partial charge in [0, 0.05) is 11.8 Å². The highest BCUT2D eigenvalue weighted by atomic mass is 19.1. The van der Waals surface area contributed by atoms with E-state index in [0.717, 1.165) is 6.08 Å². The third-order valence-corrected chi connectivity index (χ3v) is 1.88. The molecule has 1 aromatic carbocycles. The standard InChI is InChI=1S/C12H12FN3O2/c1-2-11(17)16-8-4-3-5-9(6-8)18-12(15)10(13)7-14/h2-7,14H,1,15H2,(H,16,17). The lowest BCUT2D eigenvalue weighted by Gasteiger charge is -2.07. The Bertz CT molecular complexity index is 512. The SMILES string of the molecule is C=CC(=O)Nc1cccc(OC(N)=C(F)C=N)c1. The van der Waals surface area contributed by atoms with Crippen molar-refractivity contribution in [1.82, 2.24) is 0 Å². The molecule has 0 saturated carbocycles. The van der Waals surface area contributed by atoms with Gasteiger partial charge in [0.1, 0.15) is 5.75 Å². The molecule has 18 heavy (non-hydrogen) atoms. The summed E-state index contributed by atoms with van der Waals surface area (Å²) < 4.78 is 17.9. The molecule has 1 rings (SSSR count). The van der Waals surface area contributed by atoms with Gasteiger partial charge in [-0.3, -0.25) is 4.79 Å². The van der Waals surface area contributed by atoms with Crippen LogP contribution in [0.2, 0.25) is 0 Å². The van der Waals surface area contributed by atoms with Gasteiger partial charge in [-0.2, -0.15) is 4.39 Å². The normalized spacial score (nSPS) is 11.2. The number of carbonyl (C=O) groups is 1. The molecule has 94 valence electrons. The van der Waals surface area contributed by atoms with Gasteiger partial charge >= 0.3 is 0 Å². The Morgan fingerprint density at radius 3 is 2.89 bits per heavy atom. The monoisotopic (exact) mass is 249 g/mol. The molecule has 0 heterocycles. The molecule has 0 aromatic heterocycles. The van der Waals surface area contributed by atoms with Gasteiger partial charge in [-0.15, -0.1) is 0 Å². The van der Waals surface area contributed by atoms with Crippen LogP contribution in [0.1, 0.15) is 0 Å². The van der Waals surface area contributed by atoms with E-state index in [4.69, 9.17) is 15.9 Å². The second-order valence-electron chi connectivity index (χ2n) is 3.18. The number of rotatable bonds is 5. The molecule has 0 aliphatic heterocycles. The molecule has 0 atom stereocenters. The quantitative estimate of drug-likeness (QED) is 0.423. The largest absolute Gasteiger partial charge is 0.438 e. The van der Waals surface area contributed by atoms with Gasteiger partial charge in [-0.25, -0.2) is 0 Å². The Morgan fingerprint density at radius 1 is 1.56 bits per heavy atom. The zero-order valence-electron chi connectivity index (χ0n) is 9.44. The summed E-state index contributed by atoms with van der Waals surface area (Å²) in [7, 11) is 0. The number of hydrogen-bond acceptors (Lipinski definition) is 4. The number of carbonyl (C=O) groups excluding carboxylic acids is 1. The summed E-state index contributed by atoms with van der Waals surface area (Å²) in [6.45, 7) is 3.32. The molecule has 0 fully saturated rings. The van der Waals surface area contributed by atoms with E-state index in [9.17, 15) is 9.18 Å². The van der Waals surface area contributed by atoms with E-state index < -0.39 is 11.7 Å². The maximum Gasteiger partial charge on any atom is 0.247 e. The molecule has 4 N–H and O–H groups in total. The lowest BCUT2D eigenvalue weighted by atomic mass is 10.3. The van der Waals surface area contributed by atoms with Crippen LogP contribution >= 0.6 is 0 Å². The van der Waals surface area contributed by atoms with Crippen LogP contribution in [-0.2, 0) is 4.79 Å². The van der Waals surface area contributed by atoms with Gasteiger partial charge in [-0.05, 0) is 18.2 Å². The van der Waals surface area contributed by atoms with E-state index in [-0.39, 0.29) is 11.7 Å². The average Bonchev–Trinajstić information content (AvgIpc) is 2.37. The van der Waals surface area contributed by atoms with Gasteiger partial charge in [0.2, 0.25) is 11.8 Å². The van der Waals surface area contributed by atoms with Crippen LogP contribution in [0.3, 0.4) is 0 Å². The highest BCUT2D eigenvalue weighted by molar-refractivity contribution is 5.98. The molecular formula is C12H12FN3O2. The van der Waals surface area contributed by atoms with Crippen LogP contribution in [0, 0.1) is 5.41 Å². The van der Waals surface area contributed by atoms with E-state index >= 15 is 0 Å². The highest BCUT2D eigenvalue weighted by Crippen LogP contribution is 2.19. The first-order valence-electron chi connectivity index (χ1n) is 4.94. The third kappa shape index (κ3) is 3.75. The maximum absolute atomic E-state index is 12.9. The maximum atomic E-state index is 12.9. The topological polar surface area (TPSA) is 88.2 Å². The first-order chi connectivity index (χ1) is 8.56. The summed E-state index contributed by atoms with van der Waals surface area (Å²) in [6.07, 6.45) is 1.56. The molecule has 0 aliphatic carbocycles. The molecule has 0 saturated heterocycles. The van der Waals surface area contributed by atoms with Crippen molar-refractivity contribution < 1.29 is 13.9 Å². The van der Waals surface area contributed by atoms with Crippen LogP contribution in [-0.4, -0.2) is 12.1 Å². The molecular weight excluding hydrogens is 237 g/mol. The van der Waals surface area contributed by atoms with Crippen LogP contribution in [0.4, 0.5) is 10.1 Å². The van der Waals surface area contributed by atoms with Crippen molar-refractivity contribution >= 4 is 17.8 Å². The van der Waals surface area contributed by atoms with Crippen molar-refractivity contribution in [3.05, 3.63) is 48.6 Å². The smallest absolute Gasteiger partial charge is 0.247 e. The second kappa shape index (κ2) is 6.19. The fraction of sp³-hybridized carbons (Fsp3) is 0. The number of nitrogens with one attached hydrogen (secondary N) is 2. The summed E-state index contributed by atoms with van der Waals surface area (Å²) in [5.41, 5.74) is 5.72. The van der Waals surface area contributed by atoms with Gasteiger partial charge in [0.25, 0.3) is 0 Å². The van der Waals surface area contributed by atoms with Crippen LogP contribution < -0.4 is 15.8 Å². The van der Waals surface area contributed by atoms with Crippen LogP contribution in [0.15, 0.2) is 48.6 Å². The summed E-state index contributed by atoms with van der Waals surface area (Å²) in [6, 6.07) is 6.23. The van der Waals surface area contributed by atoms with Gasteiger partial charge < -0.3 is 21.2 Å². The molecule has 0 bridgehead atoms. The predicted molar refractivity (Wildman–Crippen MR) is 67.0 cm³/mol. The van der Waals surface area contributed by atoms with E-state index in [1.54, 1.807) is 12.1 Å². The van der Waals surface area contributed by atoms with Crippen molar-refractivity contribution in [2.75, 3.05) is 5.32 Å². The summed E-state index contributed by atoms with van der Waals surface area (Å²) in [5, 5.41) is 9.19. The number of nitrogens with two attached hydrogens (primary N) is 1. The fourth-order valence-electron chi connectivity index (χ4n) is 1.08. The molecule has 5 nitrogen and oxygen atoms in total. The van der Waals surface area contributed by atoms with E-state index in [2.05, 4.69) is 11.9 Å². The van der Waals surface area contributed by atoms with Crippen molar-refractivity contribution in [2.24, 2.45) is 5.73 Å². The molecule has 0 radical (unpaired) electrons. The van der Waals surface area contributed by atoms with E-state index in [1.165, 1.54) is 12.1 Å². The van der Waals surface area contributed by atoms with Crippen LogP contribution in [0.5, 0.6) is 5.75 Å². The Kier molecular flexibility index (Phi) is 4.62. The number of benzene rings is 1. The zero-order valence-corrected chi connectivity index (χ0v) is 9.44. The lowest BCUT2D eigenvalue weighted by molar-refractivity contribution is -0.111. The highest BCUT2D eigenvalue weighted by Gasteiger charge is 2.04. The molecule has 1 aromatic rings. The first kappa shape index (κ1) is 13.4. The molecule has 1 amide bonds. The predicted octanol–water partition coefficient (Wildman–Crippen LogP) is 1.94. The average molecular weight is 249 g/mol. The Hall–Kier alpha value is -2.63. The number of halogens is 1. The van der Waals surface area contributed by atoms with Gasteiger partial charge in [0.05, 0.1) is 6.21 Å². The lowest BCUT2D eigenvalue weighted by Crippen LogP contribution is -2.10. The van der Waals surface area contributed by atoms with E-state index in [1.807, 2.05) is 0 Å². The second-order valence-corrected chi connectivity index (χ2v) is 3.18. The Balaban J connectivity index is 2.86. The van der Waals surface area contributed by atoms with E-state index in [0.29, 0.717) is 11.9 Å². The first-order valence-corrected chi connectivity index (χ1v) is 4.94. The molecule has 0 aliphatic rings. The van der Waals surface area contributed by atoms with Crippen molar-refractivity contribution in [1.29, 1.82) is 5.41 Å². The van der Waals surface area contributed by atoms with Crippen molar-refractivity contribution in [3.63, 3.8) is 0 Å². The van der Waals surface area contributed by atoms with Gasteiger partial charge in [-0.1, -0.05) is 12.6 Å². The summed E-state index contributed by atoms with van der Waals surface area (Å²) in [4.78, 5) is 11.1.